The molecule has 1 N–H and O–H groups in total. The number of benzene rings is 2. The van der Waals surface area contributed by atoms with Crippen molar-refractivity contribution in [1.82, 2.24) is 15.1 Å². The number of carbonyl (C=O) groups excluding carboxylic acids is 2. The lowest BCUT2D eigenvalue weighted by molar-refractivity contribution is -0.143. The zero-order valence-electron chi connectivity index (χ0n) is 22.9. The van der Waals surface area contributed by atoms with Gasteiger partial charge in [0.1, 0.15) is 11.9 Å². The van der Waals surface area contributed by atoms with E-state index in [-0.39, 0.29) is 35.2 Å². The number of aliphatic imine (C=N–C) groups is 1. The Bertz CT molecular complexity index is 1350. The molecule has 2 saturated heterocycles. The number of allylic oxidation sites excluding steroid dienone is 1. The summed E-state index contributed by atoms with van der Waals surface area (Å²) in [6, 6.07) is 10.4. The molecule has 4 rings (SSSR count). The number of carbonyl (C=O) groups is 2. The minimum Gasteiger partial charge on any atom is -0.347 e. The van der Waals surface area contributed by atoms with Crippen LogP contribution in [0.1, 0.15) is 35.1 Å². The predicted molar refractivity (Wildman–Crippen MR) is 149 cm³/mol. The number of amidine groups is 1. The van der Waals surface area contributed by atoms with Crippen molar-refractivity contribution in [1.29, 1.82) is 0 Å². The number of nitrogens with one attached hydrogen (secondary N) is 1. The molecule has 0 spiro atoms. The standard InChI is InChI=1S/C29H30F6N4O2S/c1-38(2)26(40)23(14-18-6-4-3-5-7-18)36-25-24(42-27(41)37-25)15-19-10-12-39(13-11-19)17-20-8-9-21(28(30,31)32)16-22(20)29(33,34)35/h3-9,15-16,19,23H,10-14,17H2,1-2H3,(H,36,37,41)/b24-15-/t23-/m0/s1. The molecule has 2 aromatic carbocycles. The second-order valence-corrected chi connectivity index (χ2v) is 11.5. The van der Waals surface area contributed by atoms with Crippen molar-refractivity contribution < 1.29 is 35.9 Å². The Balaban J connectivity index is 1.46. The lowest BCUT2D eigenvalue weighted by atomic mass is 9.95. The summed E-state index contributed by atoms with van der Waals surface area (Å²) in [4.78, 5) is 33.6. The van der Waals surface area contributed by atoms with Crippen LogP contribution in [0.25, 0.3) is 0 Å². The Labute approximate surface area is 243 Å². The van der Waals surface area contributed by atoms with Crippen molar-refractivity contribution in [3.63, 3.8) is 0 Å². The smallest absolute Gasteiger partial charge is 0.347 e. The van der Waals surface area contributed by atoms with E-state index >= 15 is 0 Å². The van der Waals surface area contributed by atoms with Crippen molar-refractivity contribution >= 4 is 28.7 Å². The zero-order chi connectivity index (χ0) is 30.7. The molecular weight excluding hydrogens is 582 g/mol. The van der Waals surface area contributed by atoms with Gasteiger partial charge in [-0.2, -0.15) is 26.3 Å². The Morgan fingerprint density at radius 1 is 1.07 bits per heavy atom. The van der Waals surface area contributed by atoms with Crippen LogP contribution in [0, 0.1) is 5.92 Å². The molecule has 226 valence electrons. The SMILES string of the molecule is CN(C)C(=O)[C@H](Cc1ccccc1)N=C1NC(=O)S/C1=C\C1CCN(Cc2ccc(C(F)(F)F)cc2C(F)(F)F)CC1. The number of halogens is 6. The van der Waals surface area contributed by atoms with E-state index in [0.717, 1.165) is 23.4 Å². The van der Waals surface area contributed by atoms with E-state index in [1.165, 1.54) is 4.90 Å². The number of hydrogen-bond acceptors (Lipinski definition) is 5. The van der Waals surface area contributed by atoms with Crippen LogP contribution in [0.5, 0.6) is 0 Å². The van der Waals surface area contributed by atoms with Gasteiger partial charge in [-0.1, -0.05) is 42.5 Å². The van der Waals surface area contributed by atoms with Crippen molar-refractivity contribution in [2.24, 2.45) is 10.9 Å². The van der Waals surface area contributed by atoms with Crippen LogP contribution in [-0.2, 0) is 30.1 Å². The summed E-state index contributed by atoms with van der Waals surface area (Å²) < 4.78 is 79.8. The van der Waals surface area contributed by atoms with E-state index in [1.54, 1.807) is 19.0 Å². The quantitative estimate of drug-likeness (QED) is 0.369. The average Bonchev–Trinajstić information content (AvgIpc) is 3.26. The van der Waals surface area contributed by atoms with Crippen LogP contribution in [0.15, 0.2) is 64.5 Å². The van der Waals surface area contributed by atoms with E-state index in [9.17, 15) is 35.9 Å². The topological polar surface area (TPSA) is 65.0 Å². The zero-order valence-corrected chi connectivity index (χ0v) is 23.7. The summed E-state index contributed by atoms with van der Waals surface area (Å²) in [5, 5.41) is 2.39. The summed E-state index contributed by atoms with van der Waals surface area (Å²) in [7, 11) is 3.27. The number of nitrogens with zero attached hydrogens (tertiary/aromatic N) is 3. The number of likely N-dealkylation sites (tertiary alicyclic amines) is 1. The maximum atomic E-state index is 13.6. The van der Waals surface area contributed by atoms with Gasteiger partial charge in [0.25, 0.3) is 5.24 Å². The summed E-state index contributed by atoms with van der Waals surface area (Å²) >= 11 is 0.972. The molecule has 2 heterocycles. The highest BCUT2D eigenvalue weighted by Crippen LogP contribution is 2.38. The normalized spacial score (nSPS) is 19.8. The molecule has 0 aliphatic carbocycles. The largest absolute Gasteiger partial charge is 0.416 e. The number of amides is 2. The highest BCUT2D eigenvalue weighted by atomic mass is 32.2. The number of rotatable bonds is 7. The van der Waals surface area contributed by atoms with Crippen molar-refractivity contribution in [3.8, 4) is 0 Å². The van der Waals surface area contributed by atoms with Gasteiger partial charge in [-0.25, -0.2) is 0 Å². The third kappa shape index (κ3) is 8.15. The molecule has 2 aliphatic heterocycles. The molecule has 13 heteroatoms. The van der Waals surface area contributed by atoms with Crippen LogP contribution < -0.4 is 5.32 Å². The molecule has 0 bridgehead atoms. The van der Waals surface area contributed by atoms with E-state index in [4.69, 9.17) is 0 Å². The van der Waals surface area contributed by atoms with Gasteiger partial charge < -0.3 is 10.2 Å². The average molecular weight is 613 g/mol. The molecule has 2 aromatic rings. The monoisotopic (exact) mass is 612 g/mol. The molecule has 2 amide bonds. The predicted octanol–water partition coefficient (Wildman–Crippen LogP) is 6.37. The lowest BCUT2D eigenvalue weighted by Crippen LogP contribution is -2.36. The van der Waals surface area contributed by atoms with Crippen molar-refractivity contribution in [2.45, 2.75) is 44.2 Å². The molecule has 42 heavy (non-hydrogen) atoms. The fraction of sp³-hybridized carbons (Fsp3) is 0.414. The fourth-order valence-corrected chi connectivity index (χ4v) is 5.72. The minimum absolute atomic E-state index is 0.00605. The number of piperidine rings is 1. The summed E-state index contributed by atoms with van der Waals surface area (Å²) in [6.07, 6.45) is -6.41. The molecule has 0 unspecified atom stereocenters. The van der Waals surface area contributed by atoms with Gasteiger partial charge in [-0.05, 0) is 66.9 Å². The fourth-order valence-electron chi connectivity index (χ4n) is 4.91. The number of thioether (sulfide) groups is 1. The van der Waals surface area contributed by atoms with Crippen LogP contribution >= 0.6 is 11.8 Å². The maximum absolute atomic E-state index is 13.6. The van der Waals surface area contributed by atoms with Gasteiger partial charge in [0.15, 0.2) is 0 Å². The van der Waals surface area contributed by atoms with Crippen LogP contribution in [0.4, 0.5) is 31.1 Å². The first-order valence-electron chi connectivity index (χ1n) is 13.2. The number of alkyl halides is 6. The summed E-state index contributed by atoms with van der Waals surface area (Å²) in [5.41, 5.74) is -1.92. The molecule has 6 nitrogen and oxygen atoms in total. The second-order valence-electron chi connectivity index (χ2n) is 10.4. The Kier molecular flexibility index (Phi) is 9.71. The van der Waals surface area contributed by atoms with E-state index < -0.39 is 29.5 Å². The number of likely N-dealkylation sites (N-methyl/N-ethyl adjacent to an activating group) is 1. The van der Waals surface area contributed by atoms with E-state index in [0.29, 0.717) is 49.2 Å². The van der Waals surface area contributed by atoms with Crippen LogP contribution in [-0.4, -0.2) is 60.0 Å². The van der Waals surface area contributed by atoms with E-state index in [2.05, 4.69) is 10.3 Å². The molecule has 0 saturated carbocycles. The van der Waals surface area contributed by atoms with Gasteiger partial charge in [-0.3, -0.25) is 19.5 Å². The van der Waals surface area contributed by atoms with Crippen LogP contribution in [0.3, 0.4) is 0 Å². The molecular formula is C29H30F6N4O2S. The lowest BCUT2D eigenvalue weighted by Gasteiger charge is -2.31. The highest BCUT2D eigenvalue weighted by molar-refractivity contribution is 8.18. The highest BCUT2D eigenvalue weighted by Gasteiger charge is 2.38. The summed E-state index contributed by atoms with van der Waals surface area (Å²) in [6.45, 7) is 0.702. The molecule has 2 fully saturated rings. The van der Waals surface area contributed by atoms with Gasteiger partial charge in [0.2, 0.25) is 5.91 Å². The third-order valence-corrected chi connectivity index (χ3v) is 7.93. The Morgan fingerprint density at radius 3 is 2.33 bits per heavy atom. The van der Waals surface area contributed by atoms with Crippen molar-refractivity contribution in [3.05, 3.63) is 81.8 Å². The van der Waals surface area contributed by atoms with Gasteiger partial charge in [0, 0.05) is 27.1 Å². The third-order valence-electron chi connectivity index (χ3n) is 7.10. The number of hydrogen-bond donors (Lipinski definition) is 1. The molecule has 0 radical (unpaired) electrons. The molecule has 1 atom stereocenters. The molecule has 2 aliphatic rings. The van der Waals surface area contributed by atoms with Crippen molar-refractivity contribution in [2.75, 3.05) is 27.2 Å². The van der Waals surface area contributed by atoms with Gasteiger partial charge in [0.05, 0.1) is 16.0 Å². The van der Waals surface area contributed by atoms with Gasteiger partial charge in [-0.15, -0.1) is 0 Å². The maximum Gasteiger partial charge on any atom is 0.416 e. The van der Waals surface area contributed by atoms with Crippen LogP contribution in [0.2, 0.25) is 0 Å². The first-order chi connectivity index (χ1) is 19.7. The first-order valence-corrected chi connectivity index (χ1v) is 14.1. The Hall–Kier alpha value is -3.32. The molecule has 0 aromatic heterocycles. The van der Waals surface area contributed by atoms with Gasteiger partial charge >= 0.3 is 12.4 Å². The summed E-state index contributed by atoms with van der Waals surface area (Å²) in [5.74, 6) is 0.0863. The Morgan fingerprint density at radius 2 is 1.74 bits per heavy atom. The van der Waals surface area contributed by atoms with E-state index in [1.807, 2.05) is 36.4 Å². The second kappa shape index (κ2) is 12.9. The first kappa shape index (κ1) is 31.6. The minimum atomic E-state index is -4.92.